The summed E-state index contributed by atoms with van der Waals surface area (Å²) in [6.07, 6.45) is 5.09. The second kappa shape index (κ2) is 10.1. The van der Waals surface area contributed by atoms with Gasteiger partial charge < -0.3 is 14.4 Å². The second-order valence-electron chi connectivity index (χ2n) is 6.48. The van der Waals surface area contributed by atoms with Crippen LogP contribution in [-0.4, -0.2) is 35.9 Å². The van der Waals surface area contributed by atoms with Gasteiger partial charge >= 0.3 is 5.51 Å². The Morgan fingerprint density at radius 1 is 1.23 bits per heavy atom. The number of alkyl halides is 3. The fourth-order valence-corrected chi connectivity index (χ4v) is 3.25. The van der Waals surface area contributed by atoms with Crippen LogP contribution in [0.5, 0.6) is 5.75 Å². The maximum absolute atomic E-state index is 12.1. The first-order chi connectivity index (χ1) is 12.3. The Kier molecular flexibility index (Phi) is 8.09. The third-order valence-electron chi connectivity index (χ3n) is 4.32. The molecule has 146 valence electrons. The van der Waals surface area contributed by atoms with Gasteiger partial charge in [-0.3, -0.25) is 4.79 Å². The molecule has 0 radical (unpaired) electrons. The van der Waals surface area contributed by atoms with Crippen molar-refractivity contribution in [3.8, 4) is 5.75 Å². The third kappa shape index (κ3) is 7.86. The average Bonchev–Trinajstić information content (AvgIpc) is 2.60. The third-order valence-corrected chi connectivity index (χ3v) is 4.78. The van der Waals surface area contributed by atoms with Gasteiger partial charge in [0.05, 0.1) is 6.04 Å². The van der Waals surface area contributed by atoms with Gasteiger partial charge in [-0.2, -0.15) is 13.2 Å². The number of hydrogen-bond acceptors (Lipinski definition) is 4. The predicted octanol–water partition coefficient (Wildman–Crippen LogP) is 4.68. The number of benzene rings is 1. The van der Waals surface area contributed by atoms with E-state index in [-0.39, 0.29) is 17.7 Å². The van der Waals surface area contributed by atoms with E-state index in [1.165, 1.54) is 31.4 Å². The van der Waals surface area contributed by atoms with E-state index in [0.29, 0.717) is 6.42 Å². The Bertz CT molecular complexity index is 561. The Morgan fingerprint density at radius 3 is 2.50 bits per heavy atom. The number of carbonyl (C=O) groups is 1. The Balaban J connectivity index is 1.70. The number of nitrogens with one attached hydrogen (secondary N) is 1. The SMILES string of the molecule is C[C@@H](NC(=O)CCCN1CCCCC1)c1ccc(OSC(F)(F)F)cc1. The first-order valence-corrected chi connectivity index (χ1v) is 9.62. The predicted molar refractivity (Wildman–Crippen MR) is 96.8 cm³/mol. The molecule has 1 N–H and O–H groups in total. The highest BCUT2D eigenvalue weighted by Gasteiger charge is 2.31. The Morgan fingerprint density at radius 2 is 1.88 bits per heavy atom. The minimum Gasteiger partial charge on any atom is -0.417 e. The van der Waals surface area contributed by atoms with Gasteiger partial charge in [-0.1, -0.05) is 18.6 Å². The molecule has 26 heavy (non-hydrogen) atoms. The zero-order valence-corrected chi connectivity index (χ0v) is 15.7. The van der Waals surface area contributed by atoms with Crippen molar-refractivity contribution in [2.45, 2.75) is 50.6 Å². The van der Waals surface area contributed by atoms with Gasteiger partial charge in [-0.05, 0) is 63.5 Å². The van der Waals surface area contributed by atoms with E-state index in [0.717, 1.165) is 31.6 Å². The van der Waals surface area contributed by atoms with Crippen LogP contribution in [0, 0.1) is 0 Å². The Hall–Kier alpha value is -1.41. The van der Waals surface area contributed by atoms with Gasteiger partial charge in [0, 0.05) is 6.42 Å². The molecule has 0 saturated carbocycles. The van der Waals surface area contributed by atoms with Crippen molar-refractivity contribution in [2.75, 3.05) is 19.6 Å². The molecule has 1 heterocycles. The van der Waals surface area contributed by atoms with E-state index < -0.39 is 17.6 Å². The number of halogens is 3. The lowest BCUT2D eigenvalue weighted by molar-refractivity contribution is -0.121. The van der Waals surface area contributed by atoms with Crippen molar-refractivity contribution in [3.63, 3.8) is 0 Å². The van der Waals surface area contributed by atoms with Crippen molar-refractivity contribution in [1.29, 1.82) is 0 Å². The normalized spacial score (nSPS) is 16.9. The first-order valence-electron chi connectivity index (χ1n) is 8.87. The molecule has 1 aliphatic rings. The zero-order valence-electron chi connectivity index (χ0n) is 14.8. The molecule has 0 spiro atoms. The summed E-state index contributed by atoms with van der Waals surface area (Å²) in [6, 6.07) is 6.04. The fourth-order valence-electron chi connectivity index (χ4n) is 2.95. The summed E-state index contributed by atoms with van der Waals surface area (Å²) in [5.74, 6) is 0.110. The molecule has 0 bridgehead atoms. The number of nitrogens with zero attached hydrogens (tertiary/aromatic N) is 1. The van der Waals surface area contributed by atoms with Crippen LogP contribution in [0.25, 0.3) is 0 Å². The van der Waals surface area contributed by atoms with Crippen LogP contribution < -0.4 is 9.50 Å². The van der Waals surface area contributed by atoms with Crippen molar-refractivity contribution in [2.24, 2.45) is 0 Å². The molecule has 1 atom stereocenters. The highest BCUT2D eigenvalue weighted by molar-refractivity contribution is 7.95. The minimum absolute atomic E-state index is 0.0116. The highest BCUT2D eigenvalue weighted by atomic mass is 32.2. The second-order valence-corrected chi connectivity index (χ2v) is 7.27. The topological polar surface area (TPSA) is 41.6 Å². The summed E-state index contributed by atoms with van der Waals surface area (Å²) in [4.78, 5) is 14.5. The number of piperidine rings is 1. The van der Waals surface area contributed by atoms with Crippen LogP contribution in [-0.2, 0) is 4.79 Å². The van der Waals surface area contributed by atoms with Gasteiger partial charge in [0.15, 0.2) is 12.0 Å². The summed E-state index contributed by atoms with van der Waals surface area (Å²) >= 11 is -0.541. The lowest BCUT2D eigenvalue weighted by atomic mass is 10.1. The van der Waals surface area contributed by atoms with Gasteiger partial charge in [-0.25, -0.2) is 0 Å². The van der Waals surface area contributed by atoms with E-state index >= 15 is 0 Å². The van der Waals surface area contributed by atoms with Crippen molar-refractivity contribution in [3.05, 3.63) is 29.8 Å². The summed E-state index contributed by atoms with van der Waals surface area (Å²) in [5, 5.41) is 2.93. The van der Waals surface area contributed by atoms with Crippen molar-refractivity contribution in [1.82, 2.24) is 10.2 Å². The van der Waals surface area contributed by atoms with E-state index in [9.17, 15) is 18.0 Å². The monoisotopic (exact) mass is 390 g/mol. The molecule has 2 rings (SSSR count). The summed E-state index contributed by atoms with van der Waals surface area (Å²) in [6.45, 7) is 5.05. The zero-order chi connectivity index (χ0) is 19.0. The Labute approximate surface area is 156 Å². The van der Waals surface area contributed by atoms with Crippen LogP contribution in [0.4, 0.5) is 13.2 Å². The van der Waals surface area contributed by atoms with Crippen LogP contribution in [0.15, 0.2) is 24.3 Å². The van der Waals surface area contributed by atoms with Crippen molar-refractivity contribution >= 4 is 17.9 Å². The highest BCUT2D eigenvalue weighted by Crippen LogP contribution is 2.32. The minimum atomic E-state index is -4.44. The van der Waals surface area contributed by atoms with Crippen LogP contribution in [0.2, 0.25) is 0 Å². The number of carbonyl (C=O) groups excluding carboxylic acids is 1. The maximum atomic E-state index is 12.1. The van der Waals surface area contributed by atoms with E-state index in [4.69, 9.17) is 0 Å². The van der Waals surface area contributed by atoms with Crippen LogP contribution >= 0.6 is 12.0 Å². The number of likely N-dealkylation sites (tertiary alicyclic amines) is 1. The van der Waals surface area contributed by atoms with Crippen LogP contribution in [0.1, 0.15) is 50.6 Å². The lowest BCUT2D eigenvalue weighted by Crippen LogP contribution is -2.32. The summed E-state index contributed by atoms with van der Waals surface area (Å²) < 4.78 is 40.9. The lowest BCUT2D eigenvalue weighted by Gasteiger charge is -2.26. The summed E-state index contributed by atoms with van der Waals surface area (Å²) in [5.41, 5.74) is -3.62. The first kappa shape index (κ1) is 20.9. The van der Waals surface area contributed by atoms with Gasteiger partial charge in [-0.15, -0.1) is 0 Å². The molecule has 4 nitrogen and oxygen atoms in total. The average molecular weight is 390 g/mol. The number of hydrogen-bond donors (Lipinski definition) is 1. The van der Waals surface area contributed by atoms with Crippen LogP contribution in [0.3, 0.4) is 0 Å². The maximum Gasteiger partial charge on any atom is 0.479 e. The molecule has 1 aromatic rings. The summed E-state index contributed by atoms with van der Waals surface area (Å²) in [7, 11) is 0. The molecule has 0 unspecified atom stereocenters. The van der Waals surface area contributed by atoms with E-state index in [1.54, 1.807) is 12.1 Å². The quantitative estimate of drug-likeness (QED) is 0.655. The fraction of sp³-hybridized carbons (Fsp3) is 0.611. The molecule has 0 aromatic heterocycles. The van der Waals surface area contributed by atoms with Gasteiger partial charge in [0.1, 0.15) is 5.75 Å². The molecule has 1 aromatic carbocycles. The molecule has 1 amide bonds. The standard InChI is InChI=1S/C18H25F3N2O2S/c1-14(15-7-9-16(10-8-15)25-26-18(19,20)21)22-17(24)6-5-13-23-11-3-2-4-12-23/h7-10,14H,2-6,11-13H2,1H3,(H,22,24)/t14-/m1/s1. The smallest absolute Gasteiger partial charge is 0.417 e. The van der Waals surface area contributed by atoms with Gasteiger partial charge in [0.2, 0.25) is 5.91 Å². The van der Waals surface area contributed by atoms with Gasteiger partial charge in [0.25, 0.3) is 0 Å². The molecule has 1 fully saturated rings. The molecular formula is C18H25F3N2O2S. The molecule has 1 aliphatic heterocycles. The van der Waals surface area contributed by atoms with E-state index in [1.807, 2.05) is 6.92 Å². The number of rotatable bonds is 8. The van der Waals surface area contributed by atoms with E-state index in [2.05, 4.69) is 14.4 Å². The molecule has 0 aliphatic carbocycles. The number of amides is 1. The largest absolute Gasteiger partial charge is 0.479 e. The van der Waals surface area contributed by atoms with Crippen molar-refractivity contribution < 1.29 is 22.1 Å². The molecular weight excluding hydrogens is 365 g/mol. The molecule has 8 heteroatoms. The molecule has 1 saturated heterocycles.